The number of phosphoric ester groups is 1. The second kappa shape index (κ2) is 33.1. The number of ether oxygens (including phenoxy) is 2. The number of hydrogen-bond acceptors (Lipinski definition) is 7. The molecule has 0 saturated heterocycles. The summed E-state index contributed by atoms with van der Waals surface area (Å²) in [5, 5.41) is 0. The Morgan fingerprint density at radius 2 is 1.14 bits per heavy atom. The van der Waals surface area contributed by atoms with E-state index in [0.29, 0.717) is 24.1 Å². The molecule has 0 aliphatic rings. The number of nitrogens with zero attached hydrogens (tertiary/aromatic N) is 1. The molecule has 0 fully saturated rings. The van der Waals surface area contributed by atoms with Crippen molar-refractivity contribution in [3.63, 3.8) is 0 Å². The zero-order valence-electron chi connectivity index (χ0n) is 31.6. The third kappa shape index (κ3) is 37.0. The number of rotatable bonds is 33. The lowest BCUT2D eigenvalue weighted by molar-refractivity contribution is -0.870. The molecular weight excluding hydrogens is 637 g/mol. The summed E-state index contributed by atoms with van der Waals surface area (Å²) in [7, 11) is 1.33. The molecule has 0 aliphatic carbocycles. The minimum atomic E-state index is -4.50. The van der Waals surface area contributed by atoms with Gasteiger partial charge >= 0.3 is 5.97 Å². The lowest BCUT2D eigenvalue weighted by Gasteiger charge is -2.28. The molecule has 8 nitrogen and oxygen atoms in total. The zero-order chi connectivity index (χ0) is 36.3. The van der Waals surface area contributed by atoms with Crippen LogP contribution in [0.5, 0.6) is 0 Å². The van der Waals surface area contributed by atoms with Crippen molar-refractivity contribution in [3.8, 4) is 0 Å². The van der Waals surface area contributed by atoms with Crippen molar-refractivity contribution in [3.05, 3.63) is 72.9 Å². The van der Waals surface area contributed by atoms with Gasteiger partial charge in [0.2, 0.25) is 0 Å². The molecule has 0 aromatic rings. The van der Waals surface area contributed by atoms with Crippen LogP contribution in [-0.4, -0.2) is 70.7 Å². The predicted octanol–water partition coefficient (Wildman–Crippen LogP) is 9.74. The normalized spacial score (nSPS) is 14.8. The quantitative estimate of drug-likeness (QED) is 0.0220. The first-order valence-corrected chi connectivity index (χ1v) is 20.1. The van der Waals surface area contributed by atoms with Gasteiger partial charge in [0.25, 0.3) is 7.82 Å². The minimum absolute atomic E-state index is 0.0184. The Labute approximate surface area is 300 Å². The van der Waals surface area contributed by atoms with E-state index >= 15 is 0 Å². The van der Waals surface area contributed by atoms with Gasteiger partial charge in [0.15, 0.2) is 0 Å². The van der Waals surface area contributed by atoms with Gasteiger partial charge in [0.05, 0.1) is 34.4 Å². The van der Waals surface area contributed by atoms with Crippen molar-refractivity contribution in [2.75, 3.05) is 54.1 Å². The molecule has 0 bridgehead atoms. The highest BCUT2D eigenvalue weighted by Gasteiger charge is 2.20. The van der Waals surface area contributed by atoms with Crippen molar-refractivity contribution in [2.24, 2.45) is 0 Å². The molecule has 2 unspecified atom stereocenters. The molecule has 0 heterocycles. The van der Waals surface area contributed by atoms with E-state index in [1.807, 2.05) is 28.1 Å². The maximum Gasteiger partial charge on any atom is 0.306 e. The Balaban J connectivity index is 3.86. The Bertz CT molecular complexity index is 1010. The van der Waals surface area contributed by atoms with E-state index in [1.165, 1.54) is 25.7 Å². The zero-order valence-corrected chi connectivity index (χ0v) is 32.5. The van der Waals surface area contributed by atoms with Gasteiger partial charge in [-0.1, -0.05) is 119 Å². The van der Waals surface area contributed by atoms with E-state index in [2.05, 4.69) is 79.8 Å². The van der Waals surface area contributed by atoms with E-state index in [4.69, 9.17) is 18.5 Å². The van der Waals surface area contributed by atoms with Gasteiger partial charge in [-0.05, 0) is 64.2 Å². The summed E-state index contributed by atoms with van der Waals surface area (Å²) < 4.78 is 33.7. The van der Waals surface area contributed by atoms with Crippen LogP contribution >= 0.6 is 7.82 Å². The molecule has 0 N–H and O–H groups in total. The van der Waals surface area contributed by atoms with Crippen molar-refractivity contribution < 1.29 is 37.3 Å². The number of phosphoric acid groups is 1. The van der Waals surface area contributed by atoms with E-state index in [1.54, 1.807) is 0 Å². The van der Waals surface area contributed by atoms with Crippen LogP contribution in [0.25, 0.3) is 0 Å². The number of quaternary nitrogens is 1. The van der Waals surface area contributed by atoms with Crippen molar-refractivity contribution in [1.82, 2.24) is 0 Å². The van der Waals surface area contributed by atoms with Gasteiger partial charge in [0, 0.05) is 13.0 Å². The molecule has 0 aliphatic heterocycles. The van der Waals surface area contributed by atoms with Crippen molar-refractivity contribution in [1.29, 1.82) is 0 Å². The lowest BCUT2D eigenvalue weighted by atomic mass is 10.1. The van der Waals surface area contributed by atoms with Crippen LogP contribution in [0, 0.1) is 0 Å². The summed E-state index contributed by atoms with van der Waals surface area (Å²) in [5.41, 5.74) is 0. The third-order valence-corrected chi connectivity index (χ3v) is 8.21. The Hall–Kier alpha value is -2.06. The number of hydrogen-bond donors (Lipinski definition) is 0. The third-order valence-electron chi connectivity index (χ3n) is 7.24. The van der Waals surface area contributed by atoms with E-state index in [0.717, 1.165) is 64.2 Å². The molecule has 0 rings (SSSR count). The molecule has 2 atom stereocenters. The van der Waals surface area contributed by atoms with Crippen molar-refractivity contribution >= 4 is 13.8 Å². The van der Waals surface area contributed by atoms with Crippen LogP contribution < -0.4 is 4.89 Å². The van der Waals surface area contributed by atoms with Crippen LogP contribution in [-0.2, 0) is 27.9 Å². The highest BCUT2D eigenvalue weighted by atomic mass is 31.2. The summed E-state index contributed by atoms with van der Waals surface area (Å²) in [4.78, 5) is 24.1. The van der Waals surface area contributed by atoms with E-state index in [-0.39, 0.29) is 26.2 Å². The Kier molecular flexibility index (Phi) is 31.7. The Morgan fingerprint density at radius 1 is 0.653 bits per heavy atom. The molecule has 0 aromatic heterocycles. The molecule has 49 heavy (non-hydrogen) atoms. The molecule has 0 spiro atoms. The van der Waals surface area contributed by atoms with E-state index < -0.39 is 19.9 Å². The number of unbranched alkanes of at least 4 members (excludes halogenated alkanes) is 7. The fourth-order valence-corrected chi connectivity index (χ4v) is 5.14. The summed E-state index contributed by atoms with van der Waals surface area (Å²) in [5.74, 6) is -0.396. The average Bonchev–Trinajstić information content (AvgIpc) is 3.04. The maximum atomic E-state index is 12.1. The van der Waals surface area contributed by atoms with Crippen LogP contribution in [0.4, 0.5) is 0 Å². The smallest absolute Gasteiger partial charge is 0.306 e. The van der Waals surface area contributed by atoms with E-state index in [9.17, 15) is 14.3 Å². The molecule has 282 valence electrons. The van der Waals surface area contributed by atoms with Gasteiger partial charge in [-0.3, -0.25) is 9.36 Å². The molecule has 0 radical (unpaired) electrons. The standard InChI is InChI=1S/C40H70NO7P/c1-6-8-9-10-11-12-13-14-15-16-17-18-19-20-21-22-23-24-25-26-27-28-29-30-31-32-35-45-37-39(48-40(42)33-7-2)38-47-49(43,44)46-36-34-41(3,4)5/h8-9,11-12,14-15,17-18,20-21,23-24,39H,6-7,10,13,16,19,22,25-38H2,1-5H3/b9-8-,12-11-,15-14-,18-17-,21-20-,24-23-. The molecular formula is C40H70NO7P. The SMILES string of the molecule is CC/C=C\C/C=C\C/C=C\C/C=C\C/C=C\C/C=C\CCCCCCCCCOCC(COP(=O)([O-])OCC[N+](C)(C)C)OC(=O)CCC. The topological polar surface area (TPSA) is 94.1 Å². The second-order valence-corrected chi connectivity index (χ2v) is 14.6. The number of likely N-dealkylation sites (N-methyl/N-ethyl adjacent to an activating group) is 1. The first-order valence-electron chi connectivity index (χ1n) is 18.7. The Morgan fingerprint density at radius 3 is 1.65 bits per heavy atom. The number of carbonyl (C=O) groups is 1. The van der Waals surface area contributed by atoms with Gasteiger partial charge in [-0.2, -0.15) is 0 Å². The first kappa shape index (κ1) is 46.9. The molecule has 0 saturated carbocycles. The second-order valence-electron chi connectivity index (χ2n) is 13.2. The fourth-order valence-electron chi connectivity index (χ4n) is 4.41. The molecule has 0 aromatic carbocycles. The monoisotopic (exact) mass is 707 g/mol. The van der Waals surface area contributed by atoms with Gasteiger partial charge in [-0.15, -0.1) is 0 Å². The van der Waals surface area contributed by atoms with Crippen LogP contribution in [0.3, 0.4) is 0 Å². The minimum Gasteiger partial charge on any atom is -0.756 e. The van der Waals surface area contributed by atoms with Gasteiger partial charge in [-0.25, -0.2) is 0 Å². The highest BCUT2D eigenvalue weighted by molar-refractivity contribution is 7.45. The van der Waals surface area contributed by atoms with Gasteiger partial charge in [0.1, 0.15) is 19.3 Å². The maximum absolute atomic E-state index is 12.1. The van der Waals surface area contributed by atoms with Crippen LogP contribution in [0.15, 0.2) is 72.9 Å². The fraction of sp³-hybridized carbons (Fsp3) is 0.675. The van der Waals surface area contributed by atoms with Gasteiger partial charge < -0.3 is 27.9 Å². The molecule has 9 heteroatoms. The predicted molar refractivity (Wildman–Crippen MR) is 203 cm³/mol. The largest absolute Gasteiger partial charge is 0.756 e. The average molecular weight is 708 g/mol. The highest BCUT2D eigenvalue weighted by Crippen LogP contribution is 2.38. The summed E-state index contributed by atoms with van der Waals surface area (Å²) >= 11 is 0. The summed E-state index contributed by atoms with van der Waals surface area (Å²) in [6.07, 6.45) is 42.2. The lowest BCUT2D eigenvalue weighted by Crippen LogP contribution is -2.37. The van der Waals surface area contributed by atoms with Crippen molar-refractivity contribution in [2.45, 2.75) is 123 Å². The summed E-state index contributed by atoms with van der Waals surface area (Å²) in [6.45, 7) is 4.86. The first-order chi connectivity index (χ1) is 23.6. The van der Waals surface area contributed by atoms with Crippen LogP contribution in [0.2, 0.25) is 0 Å². The van der Waals surface area contributed by atoms with Crippen LogP contribution in [0.1, 0.15) is 117 Å². The molecule has 0 amide bonds. The number of allylic oxidation sites excluding steroid dienone is 12. The number of esters is 1. The number of carbonyl (C=O) groups excluding carboxylic acids is 1. The summed E-state index contributed by atoms with van der Waals surface area (Å²) in [6, 6.07) is 0.